The van der Waals surface area contributed by atoms with Crippen molar-refractivity contribution in [1.29, 1.82) is 0 Å². The smallest absolute Gasteiger partial charge is 0.290 e. The molecule has 158 valence electrons. The molecule has 3 rings (SSSR count). The fourth-order valence-corrected chi connectivity index (χ4v) is 3.05. The minimum absolute atomic E-state index is 0.0130. The SMILES string of the molecule is COc1cc(NC(=O)C(C)n2nc(-c3cc(C)oc3C)cc(N)c2=O)cc(OC)c1. The molecule has 0 fully saturated rings. The van der Waals surface area contributed by atoms with E-state index in [1.165, 1.54) is 20.3 Å². The van der Waals surface area contributed by atoms with Crippen LogP contribution in [0.5, 0.6) is 11.5 Å². The van der Waals surface area contributed by atoms with Crippen LogP contribution in [0, 0.1) is 13.8 Å². The highest BCUT2D eigenvalue weighted by Crippen LogP contribution is 2.27. The number of ether oxygens (including phenoxy) is 2. The molecule has 0 saturated carbocycles. The minimum atomic E-state index is -0.926. The number of nitrogens with two attached hydrogens (primary N) is 1. The number of carbonyl (C=O) groups is 1. The molecule has 9 nitrogen and oxygen atoms in total. The van der Waals surface area contributed by atoms with Crippen molar-refractivity contribution in [3.8, 4) is 22.8 Å². The number of hydrogen-bond acceptors (Lipinski definition) is 7. The topological polar surface area (TPSA) is 122 Å². The number of amides is 1. The lowest BCUT2D eigenvalue weighted by atomic mass is 10.1. The predicted molar refractivity (Wildman–Crippen MR) is 113 cm³/mol. The number of carbonyl (C=O) groups excluding carboxylic acids is 1. The molecule has 0 saturated heterocycles. The maximum Gasteiger partial charge on any atom is 0.290 e. The van der Waals surface area contributed by atoms with E-state index in [-0.39, 0.29) is 5.69 Å². The Morgan fingerprint density at radius 1 is 1.13 bits per heavy atom. The van der Waals surface area contributed by atoms with Gasteiger partial charge in [0.25, 0.3) is 5.56 Å². The summed E-state index contributed by atoms with van der Waals surface area (Å²) >= 11 is 0. The molecule has 0 bridgehead atoms. The van der Waals surface area contributed by atoms with Gasteiger partial charge >= 0.3 is 0 Å². The normalized spacial score (nSPS) is 11.8. The quantitative estimate of drug-likeness (QED) is 0.638. The summed E-state index contributed by atoms with van der Waals surface area (Å²) in [6.07, 6.45) is 0. The van der Waals surface area contributed by atoms with Crippen LogP contribution in [0.25, 0.3) is 11.3 Å². The fraction of sp³-hybridized carbons (Fsp3) is 0.286. The first-order chi connectivity index (χ1) is 14.2. The summed E-state index contributed by atoms with van der Waals surface area (Å²) < 4.78 is 17.0. The number of anilines is 2. The Balaban J connectivity index is 1.94. The van der Waals surface area contributed by atoms with Crippen molar-refractivity contribution in [1.82, 2.24) is 9.78 Å². The zero-order valence-corrected chi connectivity index (χ0v) is 17.5. The summed E-state index contributed by atoms with van der Waals surface area (Å²) in [4.78, 5) is 25.4. The van der Waals surface area contributed by atoms with E-state index in [1.807, 2.05) is 6.92 Å². The van der Waals surface area contributed by atoms with Crippen molar-refractivity contribution < 1.29 is 18.7 Å². The van der Waals surface area contributed by atoms with E-state index in [0.29, 0.717) is 40.0 Å². The lowest BCUT2D eigenvalue weighted by Crippen LogP contribution is -2.34. The molecule has 9 heteroatoms. The third-order valence-corrected chi connectivity index (χ3v) is 4.64. The summed E-state index contributed by atoms with van der Waals surface area (Å²) in [5.41, 5.74) is 6.96. The summed E-state index contributed by atoms with van der Waals surface area (Å²) in [5.74, 6) is 1.94. The second kappa shape index (κ2) is 8.32. The van der Waals surface area contributed by atoms with Gasteiger partial charge in [-0.3, -0.25) is 9.59 Å². The van der Waals surface area contributed by atoms with Crippen molar-refractivity contribution in [2.45, 2.75) is 26.8 Å². The van der Waals surface area contributed by atoms with E-state index in [1.54, 1.807) is 38.1 Å². The van der Waals surface area contributed by atoms with Crippen LogP contribution < -0.4 is 26.1 Å². The Hall–Kier alpha value is -3.75. The van der Waals surface area contributed by atoms with Crippen molar-refractivity contribution in [3.05, 3.63) is 52.2 Å². The van der Waals surface area contributed by atoms with Crippen molar-refractivity contribution in [2.75, 3.05) is 25.3 Å². The molecule has 3 N–H and O–H groups in total. The molecule has 0 aliphatic rings. The number of furan rings is 1. The predicted octanol–water partition coefficient (Wildman–Crippen LogP) is 2.92. The summed E-state index contributed by atoms with van der Waals surface area (Å²) in [5, 5.41) is 7.11. The van der Waals surface area contributed by atoms with Gasteiger partial charge in [-0.25, -0.2) is 4.68 Å². The molecule has 0 radical (unpaired) electrons. The molecule has 1 unspecified atom stereocenters. The third-order valence-electron chi connectivity index (χ3n) is 4.64. The van der Waals surface area contributed by atoms with Crippen LogP contribution in [0.4, 0.5) is 11.4 Å². The monoisotopic (exact) mass is 412 g/mol. The van der Waals surface area contributed by atoms with E-state index in [9.17, 15) is 9.59 Å². The van der Waals surface area contributed by atoms with E-state index in [0.717, 1.165) is 4.68 Å². The highest BCUT2D eigenvalue weighted by molar-refractivity contribution is 5.93. The van der Waals surface area contributed by atoms with E-state index in [2.05, 4.69) is 10.4 Å². The number of aromatic nitrogens is 2. The molecule has 0 aliphatic heterocycles. The van der Waals surface area contributed by atoms with Crippen molar-refractivity contribution in [3.63, 3.8) is 0 Å². The van der Waals surface area contributed by atoms with Gasteiger partial charge in [0.2, 0.25) is 5.91 Å². The maximum absolute atomic E-state index is 12.8. The number of methoxy groups -OCH3 is 2. The first kappa shape index (κ1) is 21.0. The van der Waals surface area contributed by atoms with Crippen LogP contribution in [0.2, 0.25) is 0 Å². The van der Waals surface area contributed by atoms with Crippen molar-refractivity contribution in [2.24, 2.45) is 0 Å². The largest absolute Gasteiger partial charge is 0.497 e. The molecule has 1 amide bonds. The Bertz CT molecular complexity index is 1130. The molecule has 3 aromatic rings. The maximum atomic E-state index is 12.8. The molecule has 30 heavy (non-hydrogen) atoms. The lowest BCUT2D eigenvalue weighted by molar-refractivity contribution is -0.119. The Morgan fingerprint density at radius 2 is 1.77 bits per heavy atom. The standard InChI is InChI=1S/C21H24N4O5/c1-11-6-17(13(3)30-11)19-10-18(22)21(27)25(24-19)12(2)20(26)23-14-7-15(28-4)9-16(8-14)29-5/h6-10,12H,22H2,1-5H3,(H,23,26). The van der Waals surface area contributed by atoms with Crippen LogP contribution in [0.15, 0.2) is 39.5 Å². The first-order valence-electron chi connectivity index (χ1n) is 9.24. The minimum Gasteiger partial charge on any atom is -0.497 e. The van der Waals surface area contributed by atoms with Gasteiger partial charge in [-0.05, 0) is 32.9 Å². The Labute approximate surface area is 173 Å². The highest BCUT2D eigenvalue weighted by atomic mass is 16.5. The molecule has 2 heterocycles. The van der Waals surface area contributed by atoms with Crippen LogP contribution in [0.3, 0.4) is 0 Å². The highest BCUT2D eigenvalue weighted by Gasteiger charge is 2.21. The lowest BCUT2D eigenvalue weighted by Gasteiger charge is -2.16. The number of nitrogens with one attached hydrogen (secondary N) is 1. The Morgan fingerprint density at radius 3 is 2.30 bits per heavy atom. The third kappa shape index (κ3) is 4.14. The number of hydrogen-bond donors (Lipinski definition) is 2. The molecule has 0 aliphatic carbocycles. The van der Waals surface area contributed by atoms with Gasteiger partial charge < -0.3 is 24.9 Å². The Kier molecular flexibility index (Phi) is 5.81. The van der Waals surface area contributed by atoms with Gasteiger partial charge in [-0.1, -0.05) is 0 Å². The molecule has 2 aromatic heterocycles. The van der Waals surface area contributed by atoms with E-state index in [4.69, 9.17) is 19.6 Å². The van der Waals surface area contributed by atoms with E-state index >= 15 is 0 Å². The number of rotatable bonds is 6. The van der Waals surface area contributed by atoms with Gasteiger partial charge in [0.15, 0.2) is 0 Å². The second-order valence-corrected chi connectivity index (χ2v) is 6.83. The molecular formula is C21H24N4O5. The average molecular weight is 412 g/mol. The number of nitrogen functional groups attached to an aromatic ring is 1. The fourth-order valence-electron chi connectivity index (χ4n) is 3.05. The van der Waals surface area contributed by atoms with Gasteiger partial charge in [0.1, 0.15) is 34.7 Å². The van der Waals surface area contributed by atoms with Crippen LogP contribution in [-0.2, 0) is 4.79 Å². The van der Waals surface area contributed by atoms with E-state index < -0.39 is 17.5 Å². The molecule has 1 atom stereocenters. The van der Waals surface area contributed by atoms with Gasteiger partial charge in [-0.2, -0.15) is 5.10 Å². The zero-order valence-electron chi connectivity index (χ0n) is 17.5. The van der Waals surface area contributed by atoms with Crippen LogP contribution in [-0.4, -0.2) is 29.9 Å². The summed E-state index contributed by atoms with van der Waals surface area (Å²) in [7, 11) is 3.03. The van der Waals surface area contributed by atoms with Crippen molar-refractivity contribution >= 4 is 17.3 Å². The first-order valence-corrected chi connectivity index (χ1v) is 9.24. The zero-order chi connectivity index (χ0) is 22.0. The van der Waals surface area contributed by atoms with Gasteiger partial charge in [0.05, 0.1) is 19.9 Å². The average Bonchev–Trinajstić information content (AvgIpc) is 3.06. The number of nitrogens with zero attached hydrogens (tertiary/aromatic N) is 2. The molecular weight excluding hydrogens is 388 g/mol. The summed E-state index contributed by atoms with van der Waals surface area (Å²) in [6.45, 7) is 5.17. The number of aryl methyl sites for hydroxylation is 2. The molecule has 1 aromatic carbocycles. The van der Waals surface area contributed by atoms with Crippen LogP contribution >= 0.6 is 0 Å². The second-order valence-electron chi connectivity index (χ2n) is 6.83. The van der Waals surface area contributed by atoms with Gasteiger partial charge in [-0.15, -0.1) is 0 Å². The summed E-state index contributed by atoms with van der Waals surface area (Å²) in [6, 6.07) is 7.33. The number of benzene rings is 1. The van der Waals surface area contributed by atoms with Gasteiger partial charge in [0, 0.05) is 29.4 Å². The van der Waals surface area contributed by atoms with Crippen LogP contribution in [0.1, 0.15) is 24.5 Å². The molecule has 0 spiro atoms.